The summed E-state index contributed by atoms with van der Waals surface area (Å²) in [6.45, 7) is 5.12. The van der Waals surface area contributed by atoms with Gasteiger partial charge in [-0.1, -0.05) is 12.1 Å². The number of nitrogens with two attached hydrogens (primary N) is 1. The molecule has 13 heavy (non-hydrogen) atoms. The Morgan fingerprint density at radius 1 is 1.46 bits per heavy atom. The summed E-state index contributed by atoms with van der Waals surface area (Å²) in [5, 5.41) is 0. The molecule has 2 rings (SSSR count). The van der Waals surface area contributed by atoms with E-state index in [0.29, 0.717) is 6.54 Å². The lowest BCUT2D eigenvalue weighted by Gasteiger charge is -2.16. The van der Waals surface area contributed by atoms with Crippen LogP contribution in [-0.4, -0.2) is 13.1 Å². The van der Waals surface area contributed by atoms with Crippen LogP contribution in [0.15, 0.2) is 18.2 Å². The highest BCUT2D eigenvalue weighted by Gasteiger charge is 2.18. The second-order valence-corrected chi connectivity index (χ2v) is 3.45. The Labute approximate surface area is 79.4 Å². The summed E-state index contributed by atoms with van der Waals surface area (Å²) in [6.07, 6.45) is 1.16. The van der Waals surface area contributed by atoms with Crippen LogP contribution in [0.1, 0.15) is 18.1 Å². The first-order chi connectivity index (χ1) is 6.36. The Bertz CT molecular complexity index is 307. The van der Waals surface area contributed by atoms with Crippen molar-refractivity contribution in [3.05, 3.63) is 29.3 Å². The highest BCUT2D eigenvalue weighted by molar-refractivity contribution is 5.60. The lowest BCUT2D eigenvalue weighted by Crippen LogP contribution is -2.18. The SMILES string of the molecule is CCN1CCc2c(CN)cccc21. The Kier molecular flexibility index (Phi) is 2.23. The molecule has 0 fully saturated rings. The molecule has 70 valence electrons. The number of benzene rings is 1. The maximum Gasteiger partial charge on any atom is 0.0402 e. The van der Waals surface area contributed by atoms with Gasteiger partial charge in [-0.05, 0) is 30.5 Å². The van der Waals surface area contributed by atoms with E-state index in [4.69, 9.17) is 5.73 Å². The predicted molar refractivity (Wildman–Crippen MR) is 55.9 cm³/mol. The fourth-order valence-electron chi connectivity index (χ4n) is 2.09. The monoisotopic (exact) mass is 176 g/mol. The van der Waals surface area contributed by atoms with Crippen molar-refractivity contribution in [2.75, 3.05) is 18.0 Å². The summed E-state index contributed by atoms with van der Waals surface area (Å²) < 4.78 is 0. The molecule has 1 aromatic rings. The van der Waals surface area contributed by atoms with Crippen LogP contribution in [0.4, 0.5) is 5.69 Å². The van der Waals surface area contributed by atoms with E-state index >= 15 is 0 Å². The third kappa shape index (κ3) is 1.31. The van der Waals surface area contributed by atoms with Crippen LogP contribution in [0.2, 0.25) is 0 Å². The third-order valence-electron chi connectivity index (χ3n) is 2.82. The molecule has 2 nitrogen and oxygen atoms in total. The van der Waals surface area contributed by atoms with Crippen LogP contribution >= 0.6 is 0 Å². The summed E-state index contributed by atoms with van der Waals surface area (Å²) in [4.78, 5) is 2.41. The van der Waals surface area contributed by atoms with Gasteiger partial charge in [-0.15, -0.1) is 0 Å². The van der Waals surface area contributed by atoms with Crippen molar-refractivity contribution in [3.8, 4) is 0 Å². The smallest absolute Gasteiger partial charge is 0.0402 e. The van der Waals surface area contributed by atoms with Gasteiger partial charge in [0.15, 0.2) is 0 Å². The fourth-order valence-corrected chi connectivity index (χ4v) is 2.09. The van der Waals surface area contributed by atoms with Gasteiger partial charge < -0.3 is 10.6 Å². The average molecular weight is 176 g/mol. The van der Waals surface area contributed by atoms with E-state index < -0.39 is 0 Å². The highest BCUT2D eigenvalue weighted by atomic mass is 15.1. The van der Waals surface area contributed by atoms with Crippen LogP contribution in [0.5, 0.6) is 0 Å². The van der Waals surface area contributed by atoms with Gasteiger partial charge in [-0.3, -0.25) is 0 Å². The summed E-state index contributed by atoms with van der Waals surface area (Å²) in [5.41, 5.74) is 9.86. The van der Waals surface area contributed by atoms with E-state index in [1.165, 1.54) is 16.8 Å². The average Bonchev–Trinajstić information content (AvgIpc) is 2.60. The number of hydrogen-bond donors (Lipinski definition) is 1. The largest absolute Gasteiger partial charge is 0.371 e. The molecule has 1 aromatic carbocycles. The molecule has 2 heteroatoms. The number of rotatable bonds is 2. The minimum absolute atomic E-state index is 0.667. The maximum atomic E-state index is 5.69. The van der Waals surface area contributed by atoms with Crippen molar-refractivity contribution in [3.63, 3.8) is 0 Å². The molecule has 0 atom stereocenters. The van der Waals surface area contributed by atoms with Crippen LogP contribution < -0.4 is 10.6 Å². The molecule has 0 amide bonds. The second kappa shape index (κ2) is 3.38. The number of fused-ring (bicyclic) bond motifs is 1. The Morgan fingerprint density at radius 2 is 2.31 bits per heavy atom. The molecule has 0 aromatic heterocycles. The highest BCUT2D eigenvalue weighted by Crippen LogP contribution is 2.29. The van der Waals surface area contributed by atoms with Crippen LogP contribution in [0, 0.1) is 0 Å². The Hall–Kier alpha value is -1.02. The first-order valence-electron chi connectivity index (χ1n) is 4.92. The van der Waals surface area contributed by atoms with Crippen molar-refractivity contribution < 1.29 is 0 Å². The standard InChI is InChI=1S/C11H16N2/c1-2-13-7-6-10-9(8-12)4-3-5-11(10)13/h3-5H,2,6-8,12H2,1H3. The lowest BCUT2D eigenvalue weighted by atomic mass is 10.1. The van der Waals surface area contributed by atoms with E-state index in [1.54, 1.807) is 0 Å². The summed E-state index contributed by atoms with van der Waals surface area (Å²) in [7, 11) is 0. The molecule has 1 heterocycles. The molecule has 1 aliphatic rings. The zero-order valence-electron chi connectivity index (χ0n) is 8.09. The fraction of sp³-hybridized carbons (Fsp3) is 0.455. The molecule has 1 aliphatic heterocycles. The minimum Gasteiger partial charge on any atom is -0.371 e. The van der Waals surface area contributed by atoms with Gasteiger partial charge in [0.05, 0.1) is 0 Å². The predicted octanol–water partition coefficient (Wildman–Crippen LogP) is 1.53. The minimum atomic E-state index is 0.667. The quantitative estimate of drug-likeness (QED) is 0.740. The number of likely N-dealkylation sites (N-methyl/N-ethyl adjacent to an activating group) is 1. The summed E-state index contributed by atoms with van der Waals surface area (Å²) >= 11 is 0. The first kappa shape index (κ1) is 8.57. The zero-order chi connectivity index (χ0) is 9.26. The number of hydrogen-bond acceptors (Lipinski definition) is 2. The molecule has 0 saturated heterocycles. The third-order valence-corrected chi connectivity index (χ3v) is 2.82. The van der Waals surface area contributed by atoms with Gasteiger partial charge in [0.2, 0.25) is 0 Å². The van der Waals surface area contributed by atoms with Crippen molar-refractivity contribution in [2.24, 2.45) is 5.73 Å². The van der Waals surface area contributed by atoms with Crippen LogP contribution in [-0.2, 0) is 13.0 Å². The van der Waals surface area contributed by atoms with Gasteiger partial charge in [0, 0.05) is 25.3 Å². The molecular formula is C11H16N2. The number of anilines is 1. The first-order valence-corrected chi connectivity index (χ1v) is 4.92. The molecular weight excluding hydrogens is 160 g/mol. The Balaban J connectivity index is 2.43. The van der Waals surface area contributed by atoms with Crippen LogP contribution in [0.25, 0.3) is 0 Å². The molecule has 0 radical (unpaired) electrons. The van der Waals surface area contributed by atoms with E-state index in [1.807, 2.05) is 0 Å². The topological polar surface area (TPSA) is 29.3 Å². The molecule has 0 saturated carbocycles. The maximum absolute atomic E-state index is 5.69. The normalized spacial score (nSPS) is 14.8. The van der Waals surface area contributed by atoms with E-state index in [9.17, 15) is 0 Å². The summed E-state index contributed by atoms with van der Waals surface area (Å²) in [5.74, 6) is 0. The molecule has 0 spiro atoms. The molecule has 0 aliphatic carbocycles. The van der Waals surface area contributed by atoms with Crippen molar-refractivity contribution >= 4 is 5.69 Å². The number of nitrogens with zero attached hydrogens (tertiary/aromatic N) is 1. The van der Waals surface area contributed by atoms with Gasteiger partial charge in [0.1, 0.15) is 0 Å². The zero-order valence-corrected chi connectivity index (χ0v) is 8.09. The van der Waals surface area contributed by atoms with Crippen molar-refractivity contribution in [1.29, 1.82) is 0 Å². The van der Waals surface area contributed by atoms with E-state index in [2.05, 4.69) is 30.0 Å². The Morgan fingerprint density at radius 3 is 3.00 bits per heavy atom. The van der Waals surface area contributed by atoms with Gasteiger partial charge >= 0.3 is 0 Å². The molecule has 0 bridgehead atoms. The van der Waals surface area contributed by atoms with E-state index in [-0.39, 0.29) is 0 Å². The van der Waals surface area contributed by atoms with Crippen molar-refractivity contribution in [2.45, 2.75) is 19.9 Å². The molecule has 2 N–H and O–H groups in total. The van der Waals surface area contributed by atoms with Crippen LogP contribution in [0.3, 0.4) is 0 Å². The van der Waals surface area contributed by atoms with E-state index in [0.717, 1.165) is 19.5 Å². The van der Waals surface area contributed by atoms with Crippen molar-refractivity contribution in [1.82, 2.24) is 0 Å². The van der Waals surface area contributed by atoms with Gasteiger partial charge in [-0.25, -0.2) is 0 Å². The van der Waals surface area contributed by atoms with Gasteiger partial charge in [0.25, 0.3) is 0 Å². The second-order valence-electron chi connectivity index (χ2n) is 3.45. The molecule has 0 unspecified atom stereocenters. The lowest BCUT2D eigenvalue weighted by molar-refractivity contribution is 0.866. The summed E-state index contributed by atoms with van der Waals surface area (Å²) in [6, 6.07) is 6.44. The van der Waals surface area contributed by atoms with Gasteiger partial charge in [-0.2, -0.15) is 0 Å².